The van der Waals surface area contributed by atoms with E-state index in [2.05, 4.69) is 6.07 Å². The molecule has 2 N–H and O–H groups in total. The summed E-state index contributed by atoms with van der Waals surface area (Å²) in [7, 11) is 0. The van der Waals surface area contributed by atoms with Gasteiger partial charge in [0.2, 0.25) is 5.95 Å². The number of hydrogen-bond donors (Lipinski definition) is 1. The molecule has 4 heterocycles. The van der Waals surface area contributed by atoms with Gasteiger partial charge in [-0.25, -0.2) is 4.98 Å². The highest BCUT2D eigenvalue weighted by Gasteiger charge is 2.30. The Balaban J connectivity index is 1.48. The van der Waals surface area contributed by atoms with Gasteiger partial charge in [-0.1, -0.05) is 18.2 Å². The smallest absolute Gasteiger partial charge is 0.309 e. The minimum absolute atomic E-state index is 0.0247. The predicted octanol–water partition coefficient (Wildman–Crippen LogP) is 2.72. The van der Waals surface area contributed by atoms with E-state index in [-0.39, 0.29) is 35.9 Å². The Morgan fingerprint density at radius 3 is 2.69 bits per heavy atom. The number of carbonyl (C=O) groups is 2. The molecule has 2 aromatic heterocycles. The van der Waals surface area contributed by atoms with Crippen molar-refractivity contribution >= 4 is 39.4 Å². The molecule has 2 aliphatic rings. The zero-order chi connectivity index (χ0) is 27.5. The van der Waals surface area contributed by atoms with Crippen molar-refractivity contribution in [1.29, 1.82) is 5.26 Å². The first-order chi connectivity index (χ1) is 18.9. The summed E-state index contributed by atoms with van der Waals surface area (Å²) in [5, 5.41) is 9.61. The number of thiophene rings is 1. The summed E-state index contributed by atoms with van der Waals surface area (Å²) in [6, 6.07) is 11.1. The zero-order valence-corrected chi connectivity index (χ0v) is 22.8. The highest BCUT2D eigenvalue weighted by atomic mass is 32.1. The van der Waals surface area contributed by atoms with Crippen molar-refractivity contribution in [3.63, 3.8) is 0 Å². The number of likely N-dealkylation sites (tertiary alicyclic amines) is 1. The number of anilines is 1. The summed E-state index contributed by atoms with van der Waals surface area (Å²) in [5.41, 5.74) is 7.72. The van der Waals surface area contributed by atoms with Crippen LogP contribution in [0.5, 0.6) is 0 Å². The van der Waals surface area contributed by atoms with Gasteiger partial charge in [0.25, 0.3) is 11.5 Å². The summed E-state index contributed by atoms with van der Waals surface area (Å²) in [6.45, 7) is 4.52. The minimum atomic E-state index is -0.244. The summed E-state index contributed by atoms with van der Waals surface area (Å²) >= 11 is 1.14. The molecule has 1 amide bonds. The number of nitrogens with two attached hydrogens (primary N) is 1. The Morgan fingerprint density at radius 1 is 1.21 bits per heavy atom. The van der Waals surface area contributed by atoms with Crippen molar-refractivity contribution in [3.8, 4) is 6.07 Å². The molecule has 0 saturated carbocycles. The highest BCUT2D eigenvalue weighted by Crippen LogP contribution is 2.28. The normalized spacial score (nSPS) is 18.2. The van der Waals surface area contributed by atoms with E-state index in [1.807, 2.05) is 17.0 Å². The van der Waals surface area contributed by atoms with E-state index in [0.29, 0.717) is 65.7 Å². The van der Waals surface area contributed by atoms with Crippen molar-refractivity contribution in [2.24, 2.45) is 11.7 Å². The fraction of sp³-hybridized carbons (Fsp3) is 0.464. The molecule has 39 heavy (non-hydrogen) atoms. The van der Waals surface area contributed by atoms with Gasteiger partial charge < -0.3 is 20.3 Å². The quantitative estimate of drug-likeness (QED) is 0.465. The Morgan fingerprint density at radius 2 is 1.97 bits per heavy atom. The van der Waals surface area contributed by atoms with Crippen LogP contribution in [0.15, 0.2) is 35.1 Å². The van der Waals surface area contributed by atoms with E-state index in [1.54, 1.807) is 34.6 Å². The molecule has 0 bridgehead atoms. The van der Waals surface area contributed by atoms with Gasteiger partial charge in [0.15, 0.2) is 0 Å². The number of ether oxygens (including phenoxy) is 1. The van der Waals surface area contributed by atoms with Crippen LogP contribution >= 0.6 is 11.3 Å². The standard InChI is InChI=1S/C28H32N6O4S/c1-2-38-27(37)18-9-12-32(13-10-18)25(35)23-14-22-24(39-23)26(36)34(16-20-7-4-3-6-19(20)15-29)28(31-22)33-11-5-8-21(30)17-33/h3-4,6-7,14,18,21H,2,5,8-13,16-17,30H2,1H3/t21-/m1/s1. The number of fused-ring (bicyclic) bond motifs is 1. The summed E-state index contributed by atoms with van der Waals surface area (Å²) in [5.74, 6) is -0.0655. The van der Waals surface area contributed by atoms with E-state index in [1.165, 1.54) is 0 Å². The molecular formula is C28H32N6O4S. The van der Waals surface area contributed by atoms with Gasteiger partial charge >= 0.3 is 5.97 Å². The van der Waals surface area contributed by atoms with Crippen molar-refractivity contribution < 1.29 is 14.3 Å². The van der Waals surface area contributed by atoms with Crippen LogP contribution in [-0.4, -0.2) is 65.2 Å². The van der Waals surface area contributed by atoms with Crippen molar-refractivity contribution in [3.05, 3.63) is 56.7 Å². The highest BCUT2D eigenvalue weighted by molar-refractivity contribution is 7.20. The van der Waals surface area contributed by atoms with Crippen LogP contribution in [0.4, 0.5) is 5.95 Å². The number of benzene rings is 1. The molecule has 11 heteroatoms. The van der Waals surface area contributed by atoms with Gasteiger partial charge in [0.1, 0.15) is 4.70 Å². The third-order valence-electron chi connectivity index (χ3n) is 7.43. The van der Waals surface area contributed by atoms with E-state index in [0.717, 1.165) is 36.3 Å². The number of rotatable bonds is 6. The molecule has 0 spiro atoms. The second kappa shape index (κ2) is 11.6. The molecule has 0 radical (unpaired) electrons. The van der Waals surface area contributed by atoms with Crippen LogP contribution < -0.4 is 16.2 Å². The lowest BCUT2D eigenvalue weighted by Gasteiger charge is -2.33. The van der Waals surface area contributed by atoms with E-state index in [4.69, 9.17) is 15.5 Å². The lowest BCUT2D eigenvalue weighted by Crippen LogP contribution is -2.45. The maximum Gasteiger partial charge on any atom is 0.309 e. The van der Waals surface area contributed by atoms with Gasteiger partial charge in [0, 0.05) is 32.2 Å². The SMILES string of the molecule is CCOC(=O)C1CCN(C(=O)c2cc3nc(N4CCC[C@@H](N)C4)n(Cc4ccccc4C#N)c(=O)c3s2)CC1. The predicted molar refractivity (Wildman–Crippen MR) is 149 cm³/mol. The third kappa shape index (κ3) is 5.53. The fourth-order valence-corrected chi connectivity index (χ4v) is 6.37. The van der Waals surface area contributed by atoms with Crippen LogP contribution in [0.3, 0.4) is 0 Å². The second-order valence-electron chi connectivity index (χ2n) is 10.1. The zero-order valence-electron chi connectivity index (χ0n) is 22.0. The fourth-order valence-electron chi connectivity index (χ4n) is 5.35. The Hall–Kier alpha value is -3.75. The molecule has 204 valence electrons. The number of carbonyl (C=O) groups excluding carboxylic acids is 2. The molecule has 0 unspecified atom stereocenters. The van der Waals surface area contributed by atoms with Crippen LogP contribution in [0.25, 0.3) is 10.2 Å². The number of nitrogens with zero attached hydrogens (tertiary/aromatic N) is 5. The summed E-state index contributed by atoms with van der Waals surface area (Å²) < 4.78 is 7.14. The van der Waals surface area contributed by atoms with Crippen LogP contribution in [0, 0.1) is 17.2 Å². The maximum atomic E-state index is 13.9. The molecule has 3 aromatic rings. The van der Waals surface area contributed by atoms with Gasteiger partial charge in [-0.15, -0.1) is 11.3 Å². The molecule has 1 aromatic carbocycles. The maximum absolute atomic E-state index is 13.9. The Kier molecular flexibility index (Phi) is 7.95. The van der Waals surface area contributed by atoms with Gasteiger partial charge in [-0.2, -0.15) is 5.26 Å². The summed E-state index contributed by atoms with van der Waals surface area (Å²) in [6.07, 6.45) is 2.90. The molecule has 2 saturated heterocycles. The number of aromatic nitrogens is 2. The first-order valence-corrected chi connectivity index (χ1v) is 14.2. The number of piperidine rings is 2. The van der Waals surface area contributed by atoms with Crippen LogP contribution in [0.1, 0.15) is 53.4 Å². The minimum Gasteiger partial charge on any atom is -0.466 e. The Bertz CT molecular complexity index is 1480. The van der Waals surface area contributed by atoms with Gasteiger partial charge in [0.05, 0.1) is 41.1 Å². The van der Waals surface area contributed by atoms with Crippen molar-refractivity contribution in [1.82, 2.24) is 14.5 Å². The van der Waals surface area contributed by atoms with E-state index in [9.17, 15) is 19.6 Å². The average molecular weight is 549 g/mol. The molecule has 1 atom stereocenters. The molecule has 2 fully saturated rings. The first-order valence-electron chi connectivity index (χ1n) is 13.4. The molecule has 5 rings (SSSR count). The lowest BCUT2D eigenvalue weighted by atomic mass is 9.97. The molecule has 0 aliphatic carbocycles. The summed E-state index contributed by atoms with van der Waals surface area (Å²) in [4.78, 5) is 48.4. The van der Waals surface area contributed by atoms with Crippen LogP contribution in [0.2, 0.25) is 0 Å². The first kappa shape index (κ1) is 26.8. The van der Waals surface area contributed by atoms with Gasteiger partial charge in [-0.05, 0) is 50.3 Å². The second-order valence-corrected chi connectivity index (χ2v) is 11.1. The Labute approximate surface area is 230 Å². The molecule has 2 aliphatic heterocycles. The van der Waals surface area contributed by atoms with Gasteiger partial charge in [-0.3, -0.25) is 19.0 Å². The molecule has 10 nitrogen and oxygen atoms in total. The average Bonchev–Trinajstić information content (AvgIpc) is 3.39. The number of esters is 1. The monoisotopic (exact) mass is 548 g/mol. The van der Waals surface area contributed by atoms with Crippen molar-refractivity contribution in [2.75, 3.05) is 37.7 Å². The molecular weight excluding hydrogens is 516 g/mol. The largest absolute Gasteiger partial charge is 0.466 e. The lowest BCUT2D eigenvalue weighted by molar-refractivity contribution is -0.149. The van der Waals surface area contributed by atoms with E-state index < -0.39 is 0 Å². The van der Waals surface area contributed by atoms with E-state index >= 15 is 0 Å². The number of nitriles is 1. The van der Waals surface area contributed by atoms with Crippen LogP contribution in [-0.2, 0) is 16.1 Å². The van der Waals surface area contributed by atoms with Crippen molar-refractivity contribution in [2.45, 2.75) is 45.2 Å². The topological polar surface area (TPSA) is 135 Å². The third-order valence-corrected chi connectivity index (χ3v) is 8.53. The number of hydrogen-bond acceptors (Lipinski definition) is 9. The number of amides is 1.